The zero-order chi connectivity index (χ0) is 20.3. The number of aromatic nitrogens is 3. The number of ether oxygens (including phenoxy) is 1. The molecule has 1 saturated heterocycles. The second-order valence-corrected chi connectivity index (χ2v) is 6.35. The van der Waals surface area contributed by atoms with Crippen LogP contribution in [0.15, 0.2) is 36.9 Å². The molecule has 1 aliphatic heterocycles. The number of alkyl halides is 3. The fourth-order valence-corrected chi connectivity index (χ4v) is 3.02. The smallest absolute Gasteiger partial charge is 0.416 e. The van der Waals surface area contributed by atoms with Crippen LogP contribution in [0, 0.1) is 0 Å². The predicted molar refractivity (Wildman–Crippen MR) is 88.4 cm³/mol. The Balaban J connectivity index is 1.85. The Hall–Kier alpha value is -2.95. The summed E-state index contributed by atoms with van der Waals surface area (Å²) in [6.45, 7) is -0.723. The monoisotopic (exact) mass is 398 g/mol. The van der Waals surface area contributed by atoms with Crippen LogP contribution < -0.4 is 0 Å². The van der Waals surface area contributed by atoms with Gasteiger partial charge in [0.15, 0.2) is 6.10 Å². The van der Waals surface area contributed by atoms with Crippen LogP contribution in [-0.4, -0.2) is 68.1 Å². The molecule has 0 saturated carbocycles. The molecule has 1 aliphatic rings. The summed E-state index contributed by atoms with van der Waals surface area (Å²) in [5.74, 6) is -1.92. The molecule has 2 atom stereocenters. The zero-order valence-electron chi connectivity index (χ0n) is 14.5. The lowest BCUT2D eigenvalue weighted by Gasteiger charge is -2.38. The molecule has 0 aliphatic carbocycles. The molecule has 2 heterocycles. The highest BCUT2D eigenvalue weighted by Crippen LogP contribution is 2.29. The number of carboxylic acid groups (broad SMARTS) is 1. The Bertz CT molecular complexity index is 841. The van der Waals surface area contributed by atoms with Crippen LogP contribution in [0.3, 0.4) is 0 Å². The number of morpholine rings is 1. The van der Waals surface area contributed by atoms with E-state index in [1.807, 2.05) is 0 Å². The van der Waals surface area contributed by atoms with Crippen molar-refractivity contribution in [2.45, 2.75) is 31.3 Å². The average Bonchev–Trinajstić information content (AvgIpc) is 3.13. The summed E-state index contributed by atoms with van der Waals surface area (Å²) in [5, 5.41) is 12.9. The summed E-state index contributed by atoms with van der Waals surface area (Å²) >= 11 is 0. The van der Waals surface area contributed by atoms with Crippen molar-refractivity contribution in [2.24, 2.45) is 0 Å². The van der Waals surface area contributed by atoms with Crippen LogP contribution in [0.1, 0.15) is 22.3 Å². The van der Waals surface area contributed by atoms with Crippen LogP contribution >= 0.6 is 0 Å². The predicted octanol–water partition coefficient (Wildman–Crippen LogP) is 1.57. The van der Waals surface area contributed by atoms with Gasteiger partial charge < -0.3 is 14.7 Å². The molecule has 1 fully saturated rings. The molecule has 1 amide bonds. The first kappa shape index (κ1) is 19.8. The number of carboxylic acids is 1. The van der Waals surface area contributed by atoms with Crippen LogP contribution in [0.2, 0.25) is 0 Å². The van der Waals surface area contributed by atoms with Crippen molar-refractivity contribution < 1.29 is 32.6 Å². The average molecular weight is 398 g/mol. The molecule has 0 bridgehead atoms. The lowest BCUT2D eigenvalue weighted by molar-refractivity contribution is -0.250. The highest BCUT2D eigenvalue weighted by atomic mass is 19.4. The number of nitrogens with zero attached hydrogens (tertiary/aromatic N) is 4. The first-order chi connectivity index (χ1) is 13.2. The molecule has 150 valence electrons. The molecular weight excluding hydrogens is 381 g/mol. The van der Waals surface area contributed by atoms with Crippen molar-refractivity contribution in [3.63, 3.8) is 0 Å². The van der Waals surface area contributed by atoms with Gasteiger partial charge in [-0.05, 0) is 11.6 Å². The van der Waals surface area contributed by atoms with Gasteiger partial charge in [0, 0.05) is 12.1 Å². The maximum absolute atomic E-state index is 13.2. The first-order valence-electron chi connectivity index (χ1n) is 8.37. The molecule has 1 N–H and O–H groups in total. The van der Waals surface area contributed by atoms with Crippen molar-refractivity contribution in [3.05, 3.63) is 48.0 Å². The van der Waals surface area contributed by atoms with E-state index in [0.717, 1.165) is 4.90 Å². The van der Waals surface area contributed by atoms with Crippen molar-refractivity contribution in [1.29, 1.82) is 0 Å². The van der Waals surface area contributed by atoms with Crippen LogP contribution in [-0.2, 0) is 16.1 Å². The van der Waals surface area contributed by atoms with Gasteiger partial charge in [0.2, 0.25) is 0 Å². The van der Waals surface area contributed by atoms with Crippen molar-refractivity contribution in [3.8, 4) is 0 Å². The number of rotatable bonds is 5. The SMILES string of the molecule is O=C(O)CC1CN(C(=O)c2ccccc2Cn2cncn2)CC(C(F)(F)F)O1. The van der Waals surface area contributed by atoms with Crippen molar-refractivity contribution in [2.75, 3.05) is 13.1 Å². The van der Waals surface area contributed by atoms with Gasteiger partial charge in [-0.25, -0.2) is 9.67 Å². The molecule has 28 heavy (non-hydrogen) atoms. The molecule has 3 rings (SSSR count). The number of hydrogen-bond acceptors (Lipinski definition) is 5. The number of amides is 1. The zero-order valence-corrected chi connectivity index (χ0v) is 14.5. The maximum atomic E-state index is 13.2. The molecule has 1 aromatic carbocycles. The summed E-state index contributed by atoms with van der Waals surface area (Å²) in [6, 6.07) is 6.49. The molecule has 1 aromatic heterocycles. The Kier molecular flexibility index (Phi) is 5.63. The fraction of sp³-hybridized carbons (Fsp3) is 0.412. The summed E-state index contributed by atoms with van der Waals surface area (Å²) in [6.07, 6.45) is -6.04. The van der Waals surface area contributed by atoms with E-state index in [1.165, 1.54) is 23.4 Å². The van der Waals surface area contributed by atoms with Gasteiger partial charge in [-0.3, -0.25) is 9.59 Å². The molecule has 2 unspecified atom stereocenters. The lowest BCUT2D eigenvalue weighted by Crippen LogP contribution is -2.55. The highest BCUT2D eigenvalue weighted by molar-refractivity contribution is 5.95. The molecule has 11 heteroatoms. The normalized spacial score (nSPS) is 20.2. The molecular formula is C17H17F3N4O4. The molecule has 0 radical (unpaired) electrons. The summed E-state index contributed by atoms with van der Waals surface area (Å²) in [7, 11) is 0. The topological polar surface area (TPSA) is 97.6 Å². The van der Waals surface area contributed by atoms with Crippen molar-refractivity contribution in [1.82, 2.24) is 19.7 Å². The van der Waals surface area contributed by atoms with Crippen LogP contribution in [0.25, 0.3) is 0 Å². The third-order valence-corrected chi connectivity index (χ3v) is 4.27. The van der Waals surface area contributed by atoms with E-state index in [2.05, 4.69) is 10.1 Å². The summed E-state index contributed by atoms with van der Waals surface area (Å²) in [4.78, 5) is 28.7. The van der Waals surface area contributed by atoms with E-state index in [1.54, 1.807) is 18.2 Å². The second-order valence-electron chi connectivity index (χ2n) is 6.35. The Morgan fingerprint density at radius 1 is 1.25 bits per heavy atom. The van der Waals surface area contributed by atoms with Gasteiger partial charge in [-0.2, -0.15) is 18.3 Å². The minimum Gasteiger partial charge on any atom is -0.481 e. The Labute approximate surface area is 157 Å². The summed E-state index contributed by atoms with van der Waals surface area (Å²) in [5.41, 5.74) is 0.776. The van der Waals surface area contributed by atoms with Gasteiger partial charge in [0.05, 0.1) is 25.6 Å². The van der Waals surface area contributed by atoms with Crippen LogP contribution in [0.4, 0.5) is 13.2 Å². The minimum absolute atomic E-state index is 0.216. The fourth-order valence-electron chi connectivity index (χ4n) is 3.02. The van der Waals surface area contributed by atoms with Gasteiger partial charge in [0.25, 0.3) is 5.91 Å². The third kappa shape index (κ3) is 4.66. The standard InChI is InChI=1S/C17H17F3N4O4/c18-17(19,20)14-8-23(7-12(28-14)5-15(25)26)16(27)13-4-2-1-3-11(13)6-24-10-21-9-22-24/h1-4,9-10,12,14H,5-8H2,(H,25,26). The highest BCUT2D eigenvalue weighted by Gasteiger charge is 2.47. The van der Waals surface area contributed by atoms with E-state index < -0.39 is 43.2 Å². The Morgan fingerprint density at radius 3 is 2.64 bits per heavy atom. The number of benzene rings is 1. The lowest BCUT2D eigenvalue weighted by atomic mass is 10.0. The van der Waals surface area contributed by atoms with Gasteiger partial charge >= 0.3 is 12.1 Å². The number of hydrogen-bond donors (Lipinski definition) is 1. The molecule has 0 spiro atoms. The number of carbonyl (C=O) groups is 2. The second kappa shape index (κ2) is 7.97. The van der Waals surface area contributed by atoms with E-state index in [0.29, 0.717) is 5.56 Å². The Morgan fingerprint density at radius 2 is 2.00 bits per heavy atom. The maximum Gasteiger partial charge on any atom is 0.416 e. The van der Waals surface area contributed by atoms with E-state index in [4.69, 9.17) is 9.84 Å². The van der Waals surface area contributed by atoms with Gasteiger partial charge in [-0.1, -0.05) is 18.2 Å². The van der Waals surface area contributed by atoms with Crippen LogP contribution in [0.5, 0.6) is 0 Å². The van der Waals surface area contributed by atoms with Crippen molar-refractivity contribution >= 4 is 11.9 Å². The molecule has 2 aromatic rings. The largest absolute Gasteiger partial charge is 0.481 e. The number of aliphatic carboxylic acids is 1. The van der Waals surface area contributed by atoms with E-state index >= 15 is 0 Å². The van der Waals surface area contributed by atoms with E-state index in [-0.39, 0.29) is 18.7 Å². The quantitative estimate of drug-likeness (QED) is 0.821. The summed E-state index contributed by atoms with van der Waals surface area (Å²) < 4.78 is 45.9. The first-order valence-corrected chi connectivity index (χ1v) is 8.37. The van der Waals surface area contributed by atoms with E-state index in [9.17, 15) is 22.8 Å². The number of halogens is 3. The number of carbonyl (C=O) groups excluding carboxylic acids is 1. The molecule has 8 nitrogen and oxygen atoms in total. The van der Waals surface area contributed by atoms with Gasteiger partial charge in [-0.15, -0.1) is 0 Å². The van der Waals surface area contributed by atoms with Gasteiger partial charge in [0.1, 0.15) is 12.7 Å². The minimum atomic E-state index is -4.71. The third-order valence-electron chi connectivity index (χ3n) is 4.27.